The molecule has 0 radical (unpaired) electrons. The van der Waals surface area contributed by atoms with Crippen molar-refractivity contribution in [3.63, 3.8) is 0 Å². The van der Waals surface area contributed by atoms with Crippen molar-refractivity contribution in [1.82, 2.24) is 0 Å². The maximum absolute atomic E-state index is 9.43. The molecule has 1 aromatic rings. The predicted molar refractivity (Wildman–Crippen MR) is 83.6 cm³/mol. The lowest BCUT2D eigenvalue weighted by atomic mass is 9.99. The number of nitriles is 1. The monoisotopic (exact) mass is 316 g/mol. The summed E-state index contributed by atoms with van der Waals surface area (Å²) in [5, 5.41) is 15.8. The first kappa shape index (κ1) is 14.4. The Morgan fingerprint density at radius 2 is 2.32 bits per heavy atom. The van der Waals surface area contributed by atoms with Crippen LogP contribution in [0.2, 0.25) is 5.02 Å². The fourth-order valence-electron chi connectivity index (χ4n) is 2.32. The first-order chi connectivity index (χ1) is 10.7. The Kier molecular flexibility index (Phi) is 3.75. The first-order valence-corrected chi connectivity index (χ1v) is 6.93. The largest absolute Gasteiger partial charge is 0.497 e. The Hall–Kier alpha value is -2.49. The van der Waals surface area contributed by atoms with Crippen molar-refractivity contribution < 1.29 is 9.47 Å². The molecule has 0 bridgehead atoms. The highest BCUT2D eigenvalue weighted by atomic mass is 35.5. The highest BCUT2D eigenvalue weighted by Gasteiger charge is 2.29. The van der Waals surface area contributed by atoms with Crippen molar-refractivity contribution in [3.05, 3.63) is 46.3 Å². The molecule has 0 saturated carbocycles. The summed E-state index contributed by atoms with van der Waals surface area (Å²) < 4.78 is 10.6. The zero-order valence-corrected chi connectivity index (χ0v) is 12.6. The second-order valence-corrected chi connectivity index (χ2v) is 5.09. The second-order valence-electron chi connectivity index (χ2n) is 4.68. The average molecular weight is 317 g/mol. The third kappa shape index (κ3) is 2.30. The van der Waals surface area contributed by atoms with Gasteiger partial charge >= 0.3 is 0 Å². The van der Waals surface area contributed by atoms with Gasteiger partial charge in [-0.25, -0.2) is 5.01 Å². The number of rotatable bonds is 2. The molecule has 2 N–H and O–H groups in total. The fourth-order valence-corrected chi connectivity index (χ4v) is 2.52. The first-order valence-electron chi connectivity index (χ1n) is 6.55. The van der Waals surface area contributed by atoms with Crippen molar-refractivity contribution in [1.29, 1.82) is 5.26 Å². The number of methoxy groups -OCH3 is 1. The minimum absolute atomic E-state index is 0.231. The normalized spacial score (nSPS) is 17.4. The molecule has 2 aliphatic heterocycles. The molecule has 0 spiro atoms. The topological polar surface area (TPSA) is 83.9 Å². The zero-order chi connectivity index (χ0) is 15.7. The highest BCUT2D eigenvalue weighted by molar-refractivity contribution is 6.33. The molecule has 2 aliphatic rings. The van der Waals surface area contributed by atoms with E-state index in [4.69, 9.17) is 26.8 Å². The van der Waals surface area contributed by atoms with Gasteiger partial charge in [0.2, 0.25) is 0 Å². The lowest BCUT2D eigenvalue weighted by molar-refractivity contribution is 0.199. The van der Waals surface area contributed by atoms with Gasteiger partial charge in [0.05, 0.1) is 36.7 Å². The molecule has 7 heteroatoms. The highest BCUT2D eigenvalue weighted by Crippen LogP contribution is 2.35. The van der Waals surface area contributed by atoms with E-state index in [-0.39, 0.29) is 5.82 Å². The average Bonchev–Trinajstić information content (AvgIpc) is 2.55. The van der Waals surface area contributed by atoms with Crippen molar-refractivity contribution in [3.8, 4) is 11.8 Å². The molecule has 6 nitrogen and oxygen atoms in total. The van der Waals surface area contributed by atoms with E-state index in [1.54, 1.807) is 31.4 Å². The van der Waals surface area contributed by atoms with E-state index in [1.165, 1.54) is 5.01 Å². The second kappa shape index (κ2) is 5.72. The SMILES string of the molecule is COc1ccc(Cl)c(N2N=C3COCC=C3C(C#N)=C2N)c1. The van der Waals surface area contributed by atoms with E-state index < -0.39 is 0 Å². The van der Waals surface area contributed by atoms with Crippen LogP contribution < -0.4 is 15.5 Å². The zero-order valence-electron chi connectivity index (χ0n) is 11.8. The molecule has 0 atom stereocenters. The summed E-state index contributed by atoms with van der Waals surface area (Å²) in [4.78, 5) is 0. The third-order valence-electron chi connectivity index (χ3n) is 3.42. The van der Waals surface area contributed by atoms with E-state index >= 15 is 0 Å². The summed E-state index contributed by atoms with van der Waals surface area (Å²) in [5.74, 6) is 0.849. The van der Waals surface area contributed by atoms with Crippen molar-refractivity contribution >= 4 is 23.0 Å². The van der Waals surface area contributed by atoms with Crippen LogP contribution in [-0.2, 0) is 4.74 Å². The lowest BCUT2D eigenvalue weighted by Crippen LogP contribution is -2.34. The summed E-state index contributed by atoms with van der Waals surface area (Å²) in [5.41, 5.74) is 8.41. The third-order valence-corrected chi connectivity index (χ3v) is 3.74. The van der Waals surface area contributed by atoms with Gasteiger partial charge in [-0.2, -0.15) is 10.4 Å². The van der Waals surface area contributed by atoms with Crippen LogP contribution in [0.3, 0.4) is 0 Å². The summed E-state index contributed by atoms with van der Waals surface area (Å²) in [6.45, 7) is 0.759. The van der Waals surface area contributed by atoms with Crippen LogP contribution in [0.25, 0.3) is 0 Å². The molecule has 0 aliphatic carbocycles. The molecule has 0 aromatic heterocycles. The molecule has 0 unspecified atom stereocenters. The van der Waals surface area contributed by atoms with Crippen molar-refractivity contribution in [2.45, 2.75) is 0 Å². The Labute approximate surface area is 132 Å². The summed E-state index contributed by atoms with van der Waals surface area (Å²) in [6, 6.07) is 7.28. The molecule has 1 aromatic carbocycles. The number of fused-ring (bicyclic) bond motifs is 1. The molecule has 22 heavy (non-hydrogen) atoms. The molecule has 112 valence electrons. The van der Waals surface area contributed by atoms with Crippen LogP contribution in [0.4, 0.5) is 5.69 Å². The maximum atomic E-state index is 9.43. The number of anilines is 1. The van der Waals surface area contributed by atoms with Gasteiger partial charge in [0.25, 0.3) is 0 Å². The standard InChI is InChI=1S/C15H13ClN4O2/c1-21-9-2-3-12(16)14(6-9)20-15(18)11(7-17)10-4-5-22-8-13(10)19-20/h2-4,6H,5,8,18H2,1H3. The van der Waals surface area contributed by atoms with Gasteiger partial charge in [-0.15, -0.1) is 0 Å². The summed E-state index contributed by atoms with van der Waals surface area (Å²) in [7, 11) is 1.56. The van der Waals surface area contributed by atoms with Gasteiger partial charge < -0.3 is 15.2 Å². The Morgan fingerprint density at radius 1 is 1.50 bits per heavy atom. The van der Waals surface area contributed by atoms with E-state index in [0.717, 1.165) is 5.57 Å². The van der Waals surface area contributed by atoms with Gasteiger partial charge in [0.15, 0.2) is 0 Å². The molecular weight excluding hydrogens is 304 g/mol. The van der Waals surface area contributed by atoms with E-state index in [1.807, 2.05) is 0 Å². The lowest BCUT2D eigenvalue weighted by Gasteiger charge is -2.29. The van der Waals surface area contributed by atoms with Crippen LogP contribution in [0.15, 0.2) is 46.3 Å². The number of hydrogen-bond acceptors (Lipinski definition) is 6. The van der Waals surface area contributed by atoms with Crippen LogP contribution in [-0.4, -0.2) is 26.0 Å². The molecule has 3 rings (SSSR count). The van der Waals surface area contributed by atoms with Gasteiger partial charge in [-0.05, 0) is 18.2 Å². The van der Waals surface area contributed by atoms with E-state index in [0.29, 0.717) is 41.0 Å². The van der Waals surface area contributed by atoms with Crippen LogP contribution >= 0.6 is 11.6 Å². The van der Waals surface area contributed by atoms with Gasteiger partial charge in [0, 0.05) is 11.6 Å². The number of nitrogens with two attached hydrogens (primary N) is 1. The van der Waals surface area contributed by atoms with Crippen LogP contribution in [0.5, 0.6) is 5.75 Å². The summed E-state index contributed by atoms with van der Waals surface area (Å²) in [6.07, 6.45) is 1.80. The van der Waals surface area contributed by atoms with Crippen LogP contribution in [0, 0.1) is 11.3 Å². The van der Waals surface area contributed by atoms with E-state index in [2.05, 4.69) is 11.2 Å². The fraction of sp³-hybridized carbons (Fsp3) is 0.200. The number of halogens is 1. The van der Waals surface area contributed by atoms with Gasteiger partial charge in [-0.1, -0.05) is 11.6 Å². The maximum Gasteiger partial charge on any atom is 0.144 e. The minimum Gasteiger partial charge on any atom is -0.497 e. The van der Waals surface area contributed by atoms with Crippen molar-refractivity contribution in [2.24, 2.45) is 10.8 Å². The quantitative estimate of drug-likeness (QED) is 0.904. The number of hydrazone groups is 1. The summed E-state index contributed by atoms with van der Waals surface area (Å²) >= 11 is 6.24. The Bertz CT molecular complexity index is 761. The molecular formula is C15H13ClN4O2. The van der Waals surface area contributed by atoms with Crippen LogP contribution in [0.1, 0.15) is 0 Å². The molecule has 0 amide bonds. The van der Waals surface area contributed by atoms with Gasteiger partial charge in [-0.3, -0.25) is 0 Å². The smallest absolute Gasteiger partial charge is 0.144 e. The minimum atomic E-state index is 0.231. The number of benzene rings is 1. The Balaban J connectivity index is 2.15. The number of hydrogen-bond donors (Lipinski definition) is 1. The number of allylic oxidation sites excluding steroid dienone is 1. The number of nitrogens with zero attached hydrogens (tertiary/aromatic N) is 3. The Morgan fingerprint density at radius 3 is 3.05 bits per heavy atom. The van der Waals surface area contributed by atoms with Gasteiger partial charge in [0.1, 0.15) is 23.2 Å². The molecule has 0 fully saturated rings. The van der Waals surface area contributed by atoms with E-state index in [9.17, 15) is 5.26 Å². The van der Waals surface area contributed by atoms with Crippen molar-refractivity contribution in [2.75, 3.05) is 25.3 Å². The number of ether oxygens (including phenoxy) is 2. The molecule has 0 saturated heterocycles. The molecule has 2 heterocycles. The predicted octanol–water partition coefficient (Wildman–Crippen LogP) is 2.18.